The van der Waals surface area contributed by atoms with Crippen LogP contribution in [0.2, 0.25) is 0 Å². The van der Waals surface area contributed by atoms with Crippen LogP contribution in [0.3, 0.4) is 0 Å². The lowest BCUT2D eigenvalue weighted by molar-refractivity contribution is -0.147. The molecule has 2 aliphatic rings. The Kier molecular flexibility index (Phi) is 7.48. The molecular weight excluding hydrogens is 438 g/mol. The number of esters is 1. The standard InChI is InChI=1S/C26H31NO5S/c1-32-26(31)22-21(18-13-11-17(12-14-18)16-7-3-2-4-8-16)15-33-24(22)27-23(28)19-9-5-6-10-20(19)25(29)30/h11-16,19-20H,2-10H2,1H3,(H,27,28)(H,29,30)/t19-,20+/m0/s1. The Morgan fingerprint density at radius 1 is 0.939 bits per heavy atom. The van der Waals surface area contributed by atoms with Crippen molar-refractivity contribution in [2.24, 2.45) is 11.8 Å². The van der Waals surface area contributed by atoms with E-state index in [2.05, 4.69) is 17.4 Å². The van der Waals surface area contributed by atoms with Crippen molar-refractivity contribution in [1.29, 1.82) is 0 Å². The van der Waals surface area contributed by atoms with E-state index >= 15 is 0 Å². The van der Waals surface area contributed by atoms with Crippen LogP contribution < -0.4 is 5.32 Å². The number of nitrogens with one attached hydrogen (secondary N) is 1. The molecule has 0 saturated heterocycles. The van der Waals surface area contributed by atoms with Crippen molar-refractivity contribution in [1.82, 2.24) is 0 Å². The first kappa shape index (κ1) is 23.5. The van der Waals surface area contributed by atoms with Gasteiger partial charge in [0, 0.05) is 10.9 Å². The van der Waals surface area contributed by atoms with Crippen molar-refractivity contribution >= 4 is 34.2 Å². The van der Waals surface area contributed by atoms with E-state index in [1.807, 2.05) is 17.5 Å². The Morgan fingerprint density at radius 3 is 2.21 bits per heavy atom. The topological polar surface area (TPSA) is 92.7 Å². The van der Waals surface area contributed by atoms with Gasteiger partial charge in [-0.05, 0) is 42.7 Å². The number of aliphatic carboxylic acids is 1. The van der Waals surface area contributed by atoms with Gasteiger partial charge in [-0.1, -0.05) is 56.4 Å². The summed E-state index contributed by atoms with van der Waals surface area (Å²) in [4.78, 5) is 37.3. The van der Waals surface area contributed by atoms with E-state index in [1.165, 1.54) is 56.1 Å². The Hall–Kier alpha value is -2.67. The van der Waals surface area contributed by atoms with Gasteiger partial charge in [0.1, 0.15) is 10.6 Å². The number of carboxylic acids is 1. The number of ether oxygens (including phenoxy) is 1. The summed E-state index contributed by atoms with van der Waals surface area (Å²) in [7, 11) is 1.32. The van der Waals surface area contributed by atoms with Crippen molar-refractivity contribution < 1.29 is 24.2 Å². The lowest BCUT2D eigenvalue weighted by Crippen LogP contribution is -2.36. The molecule has 1 heterocycles. The highest BCUT2D eigenvalue weighted by atomic mass is 32.1. The summed E-state index contributed by atoms with van der Waals surface area (Å²) in [6.45, 7) is 0. The molecule has 1 aromatic carbocycles. The second-order valence-electron chi connectivity index (χ2n) is 9.13. The summed E-state index contributed by atoms with van der Waals surface area (Å²) >= 11 is 1.27. The number of carboxylic acid groups (broad SMARTS) is 1. The van der Waals surface area contributed by atoms with Crippen molar-refractivity contribution in [3.63, 3.8) is 0 Å². The number of thiophene rings is 1. The molecule has 1 aromatic heterocycles. The average Bonchev–Trinajstić information content (AvgIpc) is 3.27. The van der Waals surface area contributed by atoms with Crippen LogP contribution in [-0.2, 0) is 14.3 Å². The molecule has 2 fully saturated rings. The smallest absolute Gasteiger partial charge is 0.341 e. The van der Waals surface area contributed by atoms with Crippen LogP contribution in [0.1, 0.15) is 79.6 Å². The van der Waals surface area contributed by atoms with Crippen LogP contribution in [0.15, 0.2) is 29.6 Å². The van der Waals surface area contributed by atoms with Crippen molar-refractivity contribution in [3.05, 3.63) is 40.8 Å². The van der Waals surface area contributed by atoms with Crippen LogP contribution in [0.25, 0.3) is 11.1 Å². The predicted octanol–water partition coefficient (Wildman–Crippen LogP) is 6.08. The Balaban J connectivity index is 1.58. The van der Waals surface area contributed by atoms with Crippen LogP contribution in [0.5, 0.6) is 0 Å². The van der Waals surface area contributed by atoms with Crippen molar-refractivity contribution in [2.75, 3.05) is 12.4 Å². The van der Waals surface area contributed by atoms with Gasteiger partial charge < -0.3 is 15.2 Å². The summed E-state index contributed by atoms with van der Waals surface area (Å²) < 4.78 is 5.03. The third kappa shape index (κ3) is 5.13. The highest BCUT2D eigenvalue weighted by Crippen LogP contribution is 2.39. The fourth-order valence-electron chi connectivity index (χ4n) is 5.28. The minimum atomic E-state index is -0.937. The number of benzene rings is 1. The van der Waals surface area contributed by atoms with Crippen molar-refractivity contribution in [3.8, 4) is 11.1 Å². The molecule has 2 aliphatic carbocycles. The number of carbonyl (C=O) groups is 3. The first-order valence-corrected chi connectivity index (χ1v) is 12.7. The summed E-state index contributed by atoms with van der Waals surface area (Å²) in [6, 6.07) is 8.35. The molecule has 2 atom stereocenters. The van der Waals surface area contributed by atoms with Crippen LogP contribution in [-0.4, -0.2) is 30.1 Å². The third-order valence-corrected chi connectivity index (χ3v) is 8.03. The summed E-state index contributed by atoms with van der Waals surface area (Å²) in [5.41, 5.74) is 3.27. The molecule has 176 valence electrons. The number of rotatable bonds is 6. The molecule has 6 nitrogen and oxygen atoms in total. The van der Waals surface area contributed by atoms with E-state index in [0.29, 0.717) is 29.3 Å². The maximum absolute atomic E-state index is 13.0. The van der Waals surface area contributed by atoms with Gasteiger partial charge >= 0.3 is 11.9 Å². The molecule has 0 aliphatic heterocycles. The quantitative estimate of drug-likeness (QED) is 0.500. The average molecular weight is 470 g/mol. The molecule has 0 spiro atoms. The maximum Gasteiger partial charge on any atom is 0.341 e. The van der Waals surface area contributed by atoms with Crippen LogP contribution in [0.4, 0.5) is 5.00 Å². The number of anilines is 1. The number of hydrogen-bond donors (Lipinski definition) is 2. The normalized spacial score (nSPS) is 21.4. The SMILES string of the molecule is COC(=O)c1c(-c2ccc(C3CCCCC3)cc2)csc1NC(=O)[C@H]1CCCC[C@H]1C(=O)O. The minimum absolute atomic E-state index is 0.323. The molecule has 0 bridgehead atoms. The number of carbonyl (C=O) groups excluding carboxylic acids is 2. The molecule has 2 aromatic rings. The molecule has 33 heavy (non-hydrogen) atoms. The first-order valence-electron chi connectivity index (χ1n) is 11.8. The molecule has 2 saturated carbocycles. The van der Waals surface area contributed by atoms with Gasteiger partial charge in [0.05, 0.1) is 18.9 Å². The number of methoxy groups -OCH3 is 1. The number of hydrogen-bond acceptors (Lipinski definition) is 5. The van der Waals surface area contributed by atoms with Gasteiger partial charge in [-0.15, -0.1) is 11.3 Å². The van der Waals surface area contributed by atoms with Gasteiger partial charge in [0.25, 0.3) is 0 Å². The fraction of sp³-hybridized carbons (Fsp3) is 0.500. The van der Waals surface area contributed by atoms with Crippen molar-refractivity contribution in [2.45, 2.75) is 63.7 Å². The van der Waals surface area contributed by atoms with Crippen LogP contribution in [0, 0.1) is 11.8 Å². The zero-order chi connectivity index (χ0) is 23.4. The molecular formula is C26H31NO5S. The van der Waals surface area contributed by atoms with Crippen LogP contribution >= 0.6 is 11.3 Å². The van der Waals surface area contributed by atoms with Gasteiger partial charge in [-0.25, -0.2) is 4.79 Å². The Bertz CT molecular complexity index is 1010. The first-order chi connectivity index (χ1) is 16.0. The molecule has 7 heteroatoms. The maximum atomic E-state index is 13.0. The van der Waals surface area contributed by atoms with E-state index in [-0.39, 0.29) is 5.91 Å². The largest absolute Gasteiger partial charge is 0.481 e. The summed E-state index contributed by atoms with van der Waals surface area (Å²) in [5, 5.41) is 14.6. The highest BCUT2D eigenvalue weighted by molar-refractivity contribution is 7.15. The third-order valence-electron chi connectivity index (χ3n) is 7.14. The highest BCUT2D eigenvalue weighted by Gasteiger charge is 2.36. The molecule has 1 amide bonds. The van der Waals surface area contributed by atoms with Gasteiger partial charge in [-0.2, -0.15) is 0 Å². The van der Waals surface area contributed by atoms with Gasteiger partial charge in [-0.3, -0.25) is 9.59 Å². The zero-order valence-electron chi connectivity index (χ0n) is 19.0. The Labute approximate surface area is 198 Å². The van der Waals surface area contributed by atoms with E-state index in [4.69, 9.17) is 4.74 Å². The second kappa shape index (κ2) is 10.5. The monoisotopic (exact) mass is 469 g/mol. The number of amides is 1. The molecule has 0 radical (unpaired) electrons. The minimum Gasteiger partial charge on any atom is -0.481 e. The molecule has 2 N–H and O–H groups in total. The summed E-state index contributed by atoms with van der Waals surface area (Å²) in [6.07, 6.45) is 8.99. The lowest BCUT2D eigenvalue weighted by Gasteiger charge is -2.27. The Morgan fingerprint density at radius 2 is 1.58 bits per heavy atom. The van der Waals surface area contributed by atoms with E-state index in [9.17, 15) is 19.5 Å². The summed E-state index contributed by atoms with van der Waals surface area (Å²) in [5.74, 6) is -2.48. The van der Waals surface area contributed by atoms with Gasteiger partial charge in [0.2, 0.25) is 5.91 Å². The molecule has 4 rings (SSSR count). The fourth-order valence-corrected chi connectivity index (χ4v) is 6.24. The van der Waals surface area contributed by atoms with E-state index in [0.717, 1.165) is 24.0 Å². The predicted molar refractivity (Wildman–Crippen MR) is 129 cm³/mol. The van der Waals surface area contributed by atoms with Gasteiger partial charge in [0.15, 0.2) is 0 Å². The zero-order valence-corrected chi connectivity index (χ0v) is 19.8. The second-order valence-corrected chi connectivity index (χ2v) is 10.0. The van der Waals surface area contributed by atoms with E-state index < -0.39 is 23.8 Å². The molecule has 0 unspecified atom stereocenters. The lowest BCUT2D eigenvalue weighted by atomic mass is 9.78. The van der Waals surface area contributed by atoms with E-state index in [1.54, 1.807) is 0 Å².